The van der Waals surface area contributed by atoms with E-state index in [0.29, 0.717) is 36.3 Å². The van der Waals surface area contributed by atoms with E-state index in [0.717, 1.165) is 12.0 Å². The third-order valence-electron chi connectivity index (χ3n) is 3.64. The summed E-state index contributed by atoms with van der Waals surface area (Å²) in [6, 6.07) is 7.26. The number of hydrogen-bond donors (Lipinski definition) is 1. The molecule has 6 nitrogen and oxygen atoms in total. The number of rotatable bonds is 7. The van der Waals surface area contributed by atoms with Gasteiger partial charge in [0.1, 0.15) is 0 Å². The Hall–Kier alpha value is -1.92. The van der Waals surface area contributed by atoms with Gasteiger partial charge in [0.05, 0.1) is 12.0 Å². The van der Waals surface area contributed by atoms with Crippen LogP contribution in [-0.2, 0) is 16.0 Å². The van der Waals surface area contributed by atoms with Crippen molar-refractivity contribution in [3.8, 4) is 11.4 Å². The Labute approximate surface area is 139 Å². The minimum atomic E-state index is -0.0142. The van der Waals surface area contributed by atoms with Crippen molar-refractivity contribution in [1.82, 2.24) is 15.5 Å². The first-order valence-electron chi connectivity index (χ1n) is 7.65. The maximum Gasteiger partial charge on any atom is 0.228 e. The summed E-state index contributed by atoms with van der Waals surface area (Å²) in [5, 5.41) is 7.42. The number of halogens is 1. The monoisotopic (exact) mass is 335 g/mol. The van der Waals surface area contributed by atoms with E-state index in [-0.39, 0.29) is 17.9 Å². The van der Waals surface area contributed by atoms with Gasteiger partial charge in [-0.15, -0.1) is 0 Å². The number of nitrogens with one attached hydrogen (secondary N) is 1. The first-order valence-corrected chi connectivity index (χ1v) is 8.03. The molecule has 0 radical (unpaired) electrons. The maximum atomic E-state index is 11.9. The first-order chi connectivity index (χ1) is 11.2. The van der Waals surface area contributed by atoms with Gasteiger partial charge in [0.15, 0.2) is 0 Å². The van der Waals surface area contributed by atoms with Gasteiger partial charge < -0.3 is 14.6 Å². The molecule has 3 rings (SSSR count). The fourth-order valence-electron chi connectivity index (χ4n) is 2.37. The Morgan fingerprint density at radius 3 is 3.17 bits per heavy atom. The highest BCUT2D eigenvalue weighted by atomic mass is 35.5. The topological polar surface area (TPSA) is 77.2 Å². The second-order valence-electron chi connectivity index (χ2n) is 5.40. The molecule has 1 N–H and O–H groups in total. The molecule has 2 aromatic rings. The van der Waals surface area contributed by atoms with Gasteiger partial charge in [0.25, 0.3) is 0 Å². The lowest BCUT2D eigenvalue weighted by Gasteiger charge is -2.02. The molecule has 0 saturated heterocycles. The van der Waals surface area contributed by atoms with Crippen molar-refractivity contribution in [2.45, 2.75) is 25.9 Å². The van der Waals surface area contributed by atoms with Gasteiger partial charge in [-0.05, 0) is 25.5 Å². The van der Waals surface area contributed by atoms with E-state index in [4.69, 9.17) is 20.9 Å². The number of nitrogens with zero attached hydrogens (tertiary/aromatic N) is 2. The Morgan fingerprint density at radius 1 is 1.52 bits per heavy atom. The van der Waals surface area contributed by atoms with Crippen LogP contribution in [0.5, 0.6) is 0 Å². The van der Waals surface area contributed by atoms with Gasteiger partial charge in [0, 0.05) is 30.2 Å². The van der Waals surface area contributed by atoms with Crippen molar-refractivity contribution < 1.29 is 14.1 Å². The Bertz CT molecular complexity index is 689. The molecule has 0 spiro atoms. The van der Waals surface area contributed by atoms with Crippen LogP contribution in [0.2, 0.25) is 5.02 Å². The molecule has 1 amide bonds. The predicted molar refractivity (Wildman–Crippen MR) is 85.0 cm³/mol. The van der Waals surface area contributed by atoms with Crippen molar-refractivity contribution in [3.05, 3.63) is 35.2 Å². The maximum absolute atomic E-state index is 11.9. The van der Waals surface area contributed by atoms with Gasteiger partial charge in [0.2, 0.25) is 17.6 Å². The molecule has 0 bridgehead atoms. The molecule has 2 atom stereocenters. The van der Waals surface area contributed by atoms with E-state index in [9.17, 15) is 4.79 Å². The average molecular weight is 336 g/mol. The van der Waals surface area contributed by atoms with Crippen molar-refractivity contribution >= 4 is 17.5 Å². The number of aromatic nitrogens is 2. The van der Waals surface area contributed by atoms with Crippen molar-refractivity contribution in [1.29, 1.82) is 0 Å². The molecule has 122 valence electrons. The Kier molecular flexibility index (Phi) is 4.93. The summed E-state index contributed by atoms with van der Waals surface area (Å²) < 4.78 is 10.6. The lowest BCUT2D eigenvalue weighted by Crippen LogP contribution is -2.28. The van der Waals surface area contributed by atoms with Gasteiger partial charge in [-0.1, -0.05) is 28.9 Å². The number of carbonyl (C=O) groups is 1. The Balaban J connectivity index is 1.47. The molecule has 0 aliphatic heterocycles. The fourth-order valence-corrected chi connectivity index (χ4v) is 2.56. The number of hydrogen-bond acceptors (Lipinski definition) is 5. The minimum Gasteiger partial charge on any atom is -0.378 e. The highest BCUT2D eigenvalue weighted by molar-refractivity contribution is 6.30. The van der Waals surface area contributed by atoms with Crippen LogP contribution in [0.4, 0.5) is 0 Å². The second-order valence-corrected chi connectivity index (χ2v) is 5.84. The van der Waals surface area contributed by atoms with Crippen LogP contribution in [0, 0.1) is 5.92 Å². The molecule has 1 aliphatic rings. The first kappa shape index (κ1) is 16.0. The summed E-state index contributed by atoms with van der Waals surface area (Å²) in [6.45, 7) is 3.04. The van der Waals surface area contributed by atoms with E-state index in [2.05, 4.69) is 15.5 Å². The highest BCUT2D eigenvalue weighted by Gasteiger charge is 2.43. The van der Waals surface area contributed by atoms with Crippen molar-refractivity contribution in [3.63, 3.8) is 0 Å². The highest BCUT2D eigenvalue weighted by Crippen LogP contribution is 2.33. The number of amides is 1. The molecule has 0 unspecified atom stereocenters. The van der Waals surface area contributed by atoms with Crippen LogP contribution in [0.3, 0.4) is 0 Å². The summed E-state index contributed by atoms with van der Waals surface area (Å²) in [5.74, 6) is 0.988. The summed E-state index contributed by atoms with van der Waals surface area (Å²) in [5.41, 5.74) is 0.800. The molecule has 1 aliphatic carbocycles. The van der Waals surface area contributed by atoms with Crippen LogP contribution in [0.15, 0.2) is 28.8 Å². The summed E-state index contributed by atoms with van der Waals surface area (Å²) in [6.07, 6.45) is 1.38. The molecule has 1 aromatic heterocycles. The Morgan fingerprint density at radius 2 is 2.39 bits per heavy atom. The smallest absolute Gasteiger partial charge is 0.228 e. The van der Waals surface area contributed by atoms with Gasteiger partial charge in [-0.25, -0.2) is 0 Å². The molecule has 23 heavy (non-hydrogen) atoms. The van der Waals surface area contributed by atoms with Crippen LogP contribution in [0.25, 0.3) is 11.4 Å². The zero-order valence-electron chi connectivity index (χ0n) is 12.8. The molecule has 1 saturated carbocycles. The van der Waals surface area contributed by atoms with Gasteiger partial charge >= 0.3 is 0 Å². The number of benzene rings is 1. The SMILES string of the molecule is CCO[C@H]1C[C@H]1C(=O)NCCc1nc(-c2cccc(Cl)c2)no1. The minimum absolute atomic E-state index is 0.0142. The van der Waals surface area contributed by atoms with Crippen LogP contribution in [-0.4, -0.2) is 35.3 Å². The molecule has 7 heteroatoms. The lowest BCUT2D eigenvalue weighted by molar-refractivity contribution is -0.123. The van der Waals surface area contributed by atoms with E-state index in [1.54, 1.807) is 12.1 Å². The fraction of sp³-hybridized carbons (Fsp3) is 0.438. The van der Waals surface area contributed by atoms with E-state index >= 15 is 0 Å². The summed E-state index contributed by atoms with van der Waals surface area (Å²) in [4.78, 5) is 16.2. The molecule has 1 fully saturated rings. The second kappa shape index (κ2) is 7.10. The normalized spacial score (nSPS) is 19.6. The molecular formula is C16H18ClN3O3. The zero-order valence-corrected chi connectivity index (χ0v) is 13.5. The van der Waals surface area contributed by atoms with E-state index < -0.39 is 0 Å². The molecule has 1 aromatic carbocycles. The van der Waals surface area contributed by atoms with Crippen LogP contribution in [0.1, 0.15) is 19.2 Å². The van der Waals surface area contributed by atoms with Crippen LogP contribution >= 0.6 is 11.6 Å². The van der Waals surface area contributed by atoms with Gasteiger partial charge in [-0.3, -0.25) is 4.79 Å². The van der Waals surface area contributed by atoms with Gasteiger partial charge in [-0.2, -0.15) is 4.98 Å². The van der Waals surface area contributed by atoms with Crippen molar-refractivity contribution in [2.24, 2.45) is 5.92 Å². The molecule has 1 heterocycles. The average Bonchev–Trinajstić information content (AvgIpc) is 3.15. The lowest BCUT2D eigenvalue weighted by atomic mass is 10.2. The number of ether oxygens (including phenoxy) is 1. The van der Waals surface area contributed by atoms with Crippen molar-refractivity contribution in [2.75, 3.05) is 13.2 Å². The molecular weight excluding hydrogens is 318 g/mol. The predicted octanol–water partition coefficient (Wildman–Crippen LogP) is 2.47. The largest absolute Gasteiger partial charge is 0.378 e. The number of carbonyl (C=O) groups excluding carboxylic acids is 1. The third kappa shape index (κ3) is 4.09. The zero-order chi connectivity index (χ0) is 16.2. The van der Waals surface area contributed by atoms with E-state index in [1.807, 2.05) is 19.1 Å². The third-order valence-corrected chi connectivity index (χ3v) is 3.87. The summed E-state index contributed by atoms with van der Waals surface area (Å²) >= 11 is 5.95. The summed E-state index contributed by atoms with van der Waals surface area (Å²) in [7, 11) is 0. The van der Waals surface area contributed by atoms with E-state index in [1.165, 1.54) is 0 Å². The van der Waals surface area contributed by atoms with Crippen LogP contribution < -0.4 is 5.32 Å². The quantitative estimate of drug-likeness (QED) is 0.841. The standard InChI is InChI=1S/C16H18ClN3O3/c1-2-22-13-9-12(13)16(21)18-7-6-14-19-15(20-23-14)10-4-3-5-11(17)8-10/h3-5,8,12-13H,2,6-7,9H2,1H3,(H,18,21)/t12-,13+/m1/s1.